The van der Waals surface area contributed by atoms with Crippen molar-refractivity contribution in [1.82, 2.24) is 4.90 Å². The number of thiocarbonyl (C=S) groups is 1. The summed E-state index contributed by atoms with van der Waals surface area (Å²) in [4.78, 5) is 14.5. The largest absolute Gasteiger partial charge is 0.490 e. The first-order chi connectivity index (χ1) is 11.1. The molecule has 1 aromatic rings. The van der Waals surface area contributed by atoms with E-state index < -0.39 is 0 Å². The van der Waals surface area contributed by atoms with Crippen LogP contribution in [0.2, 0.25) is 0 Å². The third-order valence-corrected chi connectivity index (χ3v) is 4.43. The van der Waals surface area contributed by atoms with Crippen molar-refractivity contribution in [2.45, 2.75) is 13.8 Å². The number of nitrogens with zero attached hydrogens (tertiary/aromatic N) is 1. The summed E-state index contributed by atoms with van der Waals surface area (Å²) in [5, 5.41) is 0. The highest BCUT2D eigenvalue weighted by Gasteiger charge is 2.30. The summed E-state index contributed by atoms with van der Waals surface area (Å²) in [5.41, 5.74) is 0.871. The second-order valence-electron chi connectivity index (χ2n) is 4.65. The summed E-state index contributed by atoms with van der Waals surface area (Å²) < 4.78 is 11.7. The number of hydrogen-bond donors (Lipinski definition) is 0. The predicted octanol–water partition coefficient (Wildman–Crippen LogP) is 3.87. The molecule has 1 heterocycles. The maximum absolute atomic E-state index is 12.3. The molecule has 0 aromatic heterocycles. The van der Waals surface area contributed by atoms with E-state index in [-0.39, 0.29) is 5.91 Å². The molecule has 1 aliphatic rings. The molecule has 1 amide bonds. The Morgan fingerprint density at radius 1 is 1.26 bits per heavy atom. The third kappa shape index (κ3) is 4.14. The topological polar surface area (TPSA) is 38.8 Å². The first-order valence-electron chi connectivity index (χ1n) is 7.36. The second kappa shape index (κ2) is 8.17. The molecule has 1 aliphatic heterocycles. The number of thioether (sulfide) groups is 1. The van der Waals surface area contributed by atoms with Crippen LogP contribution in [0.15, 0.2) is 35.8 Å². The zero-order chi connectivity index (χ0) is 16.8. The zero-order valence-electron chi connectivity index (χ0n) is 13.2. The number of carbonyl (C=O) groups is 1. The molecule has 0 atom stereocenters. The Morgan fingerprint density at radius 2 is 1.96 bits per heavy atom. The van der Waals surface area contributed by atoms with E-state index in [0.29, 0.717) is 40.5 Å². The van der Waals surface area contributed by atoms with Gasteiger partial charge in [0.2, 0.25) is 0 Å². The second-order valence-corrected chi connectivity index (χ2v) is 6.33. The number of benzene rings is 1. The van der Waals surface area contributed by atoms with E-state index in [0.717, 1.165) is 5.56 Å². The quantitative estimate of drug-likeness (QED) is 0.424. The van der Waals surface area contributed by atoms with E-state index in [4.69, 9.17) is 21.7 Å². The first-order valence-corrected chi connectivity index (χ1v) is 8.59. The minimum absolute atomic E-state index is 0.0910. The van der Waals surface area contributed by atoms with E-state index in [2.05, 4.69) is 6.58 Å². The zero-order valence-corrected chi connectivity index (χ0v) is 14.8. The molecule has 122 valence electrons. The Morgan fingerprint density at radius 3 is 2.61 bits per heavy atom. The molecule has 1 fully saturated rings. The minimum atomic E-state index is -0.0910. The Hall–Kier alpha value is -1.79. The normalized spacial score (nSPS) is 16.1. The van der Waals surface area contributed by atoms with Gasteiger partial charge in [0.15, 0.2) is 11.5 Å². The molecule has 4 nitrogen and oxygen atoms in total. The lowest BCUT2D eigenvalue weighted by Crippen LogP contribution is -2.27. The van der Waals surface area contributed by atoms with Gasteiger partial charge in [-0.2, -0.15) is 0 Å². The smallest absolute Gasteiger partial charge is 0.266 e. The van der Waals surface area contributed by atoms with Gasteiger partial charge < -0.3 is 9.47 Å². The lowest BCUT2D eigenvalue weighted by Gasteiger charge is -2.11. The van der Waals surface area contributed by atoms with Crippen molar-refractivity contribution in [3.63, 3.8) is 0 Å². The molecule has 0 saturated carbocycles. The molecule has 0 spiro atoms. The molecular formula is C17H19NO3S2. The molecule has 6 heteroatoms. The molecule has 2 rings (SSSR count). The average Bonchev–Trinajstić information content (AvgIpc) is 2.78. The van der Waals surface area contributed by atoms with Gasteiger partial charge in [0, 0.05) is 6.54 Å². The highest BCUT2D eigenvalue weighted by Crippen LogP contribution is 2.34. The lowest BCUT2D eigenvalue weighted by atomic mass is 10.2. The summed E-state index contributed by atoms with van der Waals surface area (Å²) in [5.74, 6) is 1.28. The highest BCUT2D eigenvalue weighted by atomic mass is 32.2. The third-order valence-electron chi connectivity index (χ3n) is 3.05. The Labute approximate surface area is 146 Å². The van der Waals surface area contributed by atoms with Crippen LogP contribution in [0.5, 0.6) is 11.5 Å². The van der Waals surface area contributed by atoms with Crippen LogP contribution in [0.4, 0.5) is 0 Å². The van der Waals surface area contributed by atoms with Crippen molar-refractivity contribution >= 4 is 40.3 Å². The maximum atomic E-state index is 12.3. The monoisotopic (exact) mass is 349 g/mol. The van der Waals surface area contributed by atoms with E-state index in [9.17, 15) is 4.79 Å². The van der Waals surface area contributed by atoms with Crippen molar-refractivity contribution < 1.29 is 14.3 Å². The van der Waals surface area contributed by atoms with Crippen molar-refractivity contribution in [2.24, 2.45) is 0 Å². The van der Waals surface area contributed by atoms with Gasteiger partial charge in [-0.1, -0.05) is 36.1 Å². The number of amides is 1. The minimum Gasteiger partial charge on any atom is -0.490 e. The molecule has 23 heavy (non-hydrogen) atoms. The van der Waals surface area contributed by atoms with E-state index >= 15 is 0 Å². The molecule has 1 saturated heterocycles. The summed E-state index contributed by atoms with van der Waals surface area (Å²) in [6.45, 7) is 9.04. The molecule has 0 bridgehead atoms. The fourth-order valence-electron chi connectivity index (χ4n) is 2.10. The fraction of sp³-hybridized carbons (Fsp3) is 0.294. The maximum Gasteiger partial charge on any atom is 0.266 e. The van der Waals surface area contributed by atoms with Crippen molar-refractivity contribution in [1.29, 1.82) is 0 Å². The summed E-state index contributed by atoms with van der Waals surface area (Å²) >= 11 is 6.53. The predicted molar refractivity (Wildman–Crippen MR) is 98.9 cm³/mol. The van der Waals surface area contributed by atoms with Crippen molar-refractivity contribution in [3.8, 4) is 11.5 Å². The number of carbonyl (C=O) groups excluding carboxylic acids is 1. The summed E-state index contributed by atoms with van der Waals surface area (Å²) in [6, 6.07) is 5.62. The van der Waals surface area contributed by atoms with Crippen LogP contribution in [0.3, 0.4) is 0 Å². The highest BCUT2D eigenvalue weighted by molar-refractivity contribution is 8.26. The Balaban J connectivity index is 2.28. The van der Waals surface area contributed by atoms with Gasteiger partial charge in [-0.3, -0.25) is 9.69 Å². The number of ether oxygens (including phenoxy) is 2. The molecular weight excluding hydrogens is 330 g/mol. The first kappa shape index (κ1) is 17.6. The number of hydrogen-bond acceptors (Lipinski definition) is 5. The summed E-state index contributed by atoms with van der Waals surface area (Å²) in [6.07, 6.45) is 3.48. The van der Waals surface area contributed by atoms with Gasteiger partial charge >= 0.3 is 0 Å². The fourth-order valence-corrected chi connectivity index (χ4v) is 3.37. The van der Waals surface area contributed by atoms with Crippen LogP contribution in [-0.2, 0) is 4.79 Å². The Bertz CT molecular complexity index is 655. The molecule has 0 aliphatic carbocycles. The average molecular weight is 349 g/mol. The molecule has 0 unspecified atom stereocenters. The van der Waals surface area contributed by atoms with Gasteiger partial charge in [-0.25, -0.2) is 0 Å². The van der Waals surface area contributed by atoms with Crippen LogP contribution in [-0.4, -0.2) is 34.9 Å². The van der Waals surface area contributed by atoms with Gasteiger partial charge in [0.25, 0.3) is 5.91 Å². The van der Waals surface area contributed by atoms with E-state index in [1.165, 1.54) is 16.7 Å². The van der Waals surface area contributed by atoms with Crippen LogP contribution in [0, 0.1) is 0 Å². The number of rotatable bonds is 7. The van der Waals surface area contributed by atoms with Gasteiger partial charge in [-0.15, -0.1) is 6.58 Å². The van der Waals surface area contributed by atoms with Gasteiger partial charge in [0.1, 0.15) is 4.32 Å². The lowest BCUT2D eigenvalue weighted by molar-refractivity contribution is -0.121. The standard InChI is InChI=1S/C17H19NO3S2/c1-4-9-18-16(19)15(23-17(18)22)11-12-7-8-13(20-5-2)14(10-12)21-6-3/h4,7-8,10-11H,1,5-6,9H2,2-3H3/b15-11+. The summed E-state index contributed by atoms with van der Waals surface area (Å²) in [7, 11) is 0. The Kier molecular flexibility index (Phi) is 6.24. The molecule has 1 aromatic carbocycles. The van der Waals surface area contributed by atoms with Crippen LogP contribution < -0.4 is 9.47 Å². The SMILES string of the molecule is C=CCN1C(=O)/C(=C\c2ccc(OCC)c(OCC)c2)SC1=S. The van der Waals surface area contributed by atoms with Crippen molar-refractivity contribution in [2.75, 3.05) is 19.8 Å². The van der Waals surface area contributed by atoms with Crippen molar-refractivity contribution in [3.05, 3.63) is 41.3 Å². The van der Waals surface area contributed by atoms with E-state index in [1.54, 1.807) is 6.08 Å². The van der Waals surface area contributed by atoms with Crippen LogP contribution in [0.25, 0.3) is 6.08 Å². The van der Waals surface area contributed by atoms with Crippen LogP contribution in [0.1, 0.15) is 19.4 Å². The van der Waals surface area contributed by atoms with Gasteiger partial charge in [0.05, 0.1) is 18.1 Å². The molecule has 0 N–H and O–H groups in total. The van der Waals surface area contributed by atoms with Gasteiger partial charge in [-0.05, 0) is 37.6 Å². The van der Waals surface area contributed by atoms with E-state index in [1.807, 2.05) is 38.1 Å². The van der Waals surface area contributed by atoms with Crippen LogP contribution >= 0.6 is 24.0 Å². The molecule has 0 radical (unpaired) electrons.